The molecule has 0 spiro atoms. The molecule has 0 bridgehead atoms. The quantitative estimate of drug-likeness (QED) is 0.878. The van der Waals surface area contributed by atoms with Crippen LogP contribution in [0.5, 0.6) is 0 Å². The molecule has 1 heterocycles. The van der Waals surface area contributed by atoms with Crippen LogP contribution in [0.2, 0.25) is 10.0 Å². The number of likely N-dealkylation sites (tertiary alicyclic amines) is 1. The zero-order valence-corrected chi connectivity index (χ0v) is 12.6. The molecule has 0 aromatic heterocycles. The summed E-state index contributed by atoms with van der Waals surface area (Å²) in [7, 11) is 2.14. The number of aliphatic hydroxyl groups is 1. The fraction of sp³-hybridized carbons (Fsp3) is 0.571. The molecule has 1 aromatic carbocycles. The molecule has 3 nitrogen and oxygen atoms in total. The molecule has 2 rings (SSSR count). The van der Waals surface area contributed by atoms with Crippen molar-refractivity contribution in [3.63, 3.8) is 0 Å². The van der Waals surface area contributed by atoms with E-state index in [-0.39, 0.29) is 0 Å². The number of nitrogens with one attached hydrogen (secondary N) is 1. The second kappa shape index (κ2) is 6.91. The van der Waals surface area contributed by atoms with E-state index in [1.807, 2.05) is 0 Å². The van der Waals surface area contributed by atoms with Crippen molar-refractivity contribution in [3.05, 3.63) is 33.8 Å². The minimum Gasteiger partial charge on any atom is -0.387 e. The lowest BCUT2D eigenvalue weighted by Gasteiger charge is -2.21. The minimum absolute atomic E-state index is 0.490. The first-order valence-electron chi connectivity index (χ1n) is 6.62. The molecule has 0 aliphatic carbocycles. The average Bonchev–Trinajstić information content (AvgIpc) is 2.78. The highest BCUT2D eigenvalue weighted by Crippen LogP contribution is 2.26. The molecule has 106 valence electrons. The van der Waals surface area contributed by atoms with Crippen LogP contribution in [0.15, 0.2) is 18.2 Å². The number of nitrogens with zero attached hydrogens (tertiary/aromatic N) is 1. The molecular formula is C14H20Cl2N2O. The Kier molecular flexibility index (Phi) is 5.48. The zero-order chi connectivity index (χ0) is 13.8. The first kappa shape index (κ1) is 15.1. The summed E-state index contributed by atoms with van der Waals surface area (Å²) in [6.45, 7) is 2.55. The SMILES string of the molecule is CN1CCCC1CNCC(O)c1cc(Cl)ccc1Cl. The Labute approximate surface area is 124 Å². The molecule has 1 saturated heterocycles. The molecule has 19 heavy (non-hydrogen) atoms. The van der Waals surface area contributed by atoms with E-state index in [9.17, 15) is 5.11 Å². The summed E-state index contributed by atoms with van der Waals surface area (Å²) in [5.41, 5.74) is 0.682. The lowest BCUT2D eigenvalue weighted by Crippen LogP contribution is -2.37. The Morgan fingerprint density at radius 2 is 2.26 bits per heavy atom. The summed E-state index contributed by atoms with van der Waals surface area (Å²) in [5.74, 6) is 0. The molecule has 1 aliphatic rings. The minimum atomic E-state index is -0.627. The Balaban J connectivity index is 1.83. The van der Waals surface area contributed by atoms with Crippen molar-refractivity contribution in [1.82, 2.24) is 10.2 Å². The molecule has 1 aromatic rings. The number of hydrogen-bond donors (Lipinski definition) is 2. The van der Waals surface area contributed by atoms with Crippen LogP contribution in [0.4, 0.5) is 0 Å². The van der Waals surface area contributed by atoms with Crippen LogP contribution in [0.25, 0.3) is 0 Å². The Hall–Kier alpha value is -0.320. The number of halogens is 2. The van der Waals surface area contributed by atoms with Crippen molar-refractivity contribution in [1.29, 1.82) is 0 Å². The van der Waals surface area contributed by atoms with Crippen molar-refractivity contribution in [2.24, 2.45) is 0 Å². The topological polar surface area (TPSA) is 35.5 Å². The van der Waals surface area contributed by atoms with E-state index in [1.54, 1.807) is 18.2 Å². The lowest BCUT2D eigenvalue weighted by atomic mass is 10.1. The summed E-state index contributed by atoms with van der Waals surface area (Å²) in [6, 6.07) is 5.73. The van der Waals surface area contributed by atoms with Gasteiger partial charge in [-0.25, -0.2) is 0 Å². The Morgan fingerprint density at radius 1 is 1.47 bits per heavy atom. The first-order valence-corrected chi connectivity index (χ1v) is 7.37. The van der Waals surface area contributed by atoms with Gasteiger partial charge < -0.3 is 15.3 Å². The molecule has 2 unspecified atom stereocenters. The van der Waals surface area contributed by atoms with E-state index in [1.165, 1.54) is 12.8 Å². The van der Waals surface area contributed by atoms with Crippen LogP contribution in [0, 0.1) is 0 Å². The van der Waals surface area contributed by atoms with Crippen molar-refractivity contribution in [3.8, 4) is 0 Å². The predicted molar refractivity (Wildman–Crippen MR) is 79.9 cm³/mol. The number of hydrogen-bond acceptors (Lipinski definition) is 3. The second-order valence-corrected chi connectivity index (χ2v) is 5.96. The van der Waals surface area contributed by atoms with Crippen LogP contribution < -0.4 is 5.32 Å². The maximum absolute atomic E-state index is 10.1. The third-order valence-electron chi connectivity index (χ3n) is 3.71. The van der Waals surface area contributed by atoms with E-state index >= 15 is 0 Å². The van der Waals surface area contributed by atoms with Gasteiger partial charge in [-0.05, 0) is 44.6 Å². The van der Waals surface area contributed by atoms with E-state index in [2.05, 4.69) is 17.3 Å². The Morgan fingerprint density at radius 3 is 2.95 bits per heavy atom. The van der Waals surface area contributed by atoms with Crippen LogP contribution in [0.1, 0.15) is 24.5 Å². The summed E-state index contributed by atoms with van der Waals surface area (Å²) in [5, 5.41) is 14.6. The van der Waals surface area contributed by atoms with Crippen molar-refractivity contribution >= 4 is 23.2 Å². The summed E-state index contributed by atoms with van der Waals surface area (Å²) in [4.78, 5) is 2.35. The van der Waals surface area contributed by atoms with Gasteiger partial charge in [-0.1, -0.05) is 23.2 Å². The fourth-order valence-corrected chi connectivity index (χ4v) is 2.93. The Bertz CT molecular complexity index is 428. The number of aliphatic hydroxyl groups excluding tert-OH is 1. The van der Waals surface area contributed by atoms with Gasteiger partial charge in [0.15, 0.2) is 0 Å². The molecular weight excluding hydrogens is 283 g/mol. The number of rotatable bonds is 5. The zero-order valence-electron chi connectivity index (χ0n) is 11.1. The maximum atomic E-state index is 10.1. The largest absolute Gasteiger partial charge is 0.387 e. The highest BCUT2D eigenvalue weighted by molar-refractivity contribution is 6.33. The predicted octanol–water partition coefficient (Wildman–Crippen LogP) is 2.71. The van der Waals surface area contributed by atoms with Crippen LogP contribution in [0.3, 0.4) is 0 Å². The smallest absolute Gasteiger partial charge is 0.0929 e. The molecule has 0 radical (unpaired) electrons. The maximum Gasteiger partial charge on any atom is 0.0929 e. The van der Waals surface area contributed by atoms with Gasteiger partial charge in [0.1, 0.15) is 0 Å². The molecule has 1 fully saturated rings. The summed E-state index contributed by atoms with van der Waals surface area (Å²) < 4.78 is 0. The molecule has 0 saturated carbocycles. The summed E-state index contributed by atoms with van der Waals surface area (Å²) in [6.07, 6.45) is 1.85. The fourth-order valence-electron chi connectivity index (χ4n) is 2.50. The normalized spacial score (nSPS) is 21.8. The third kappa shape index (κ3) is 4.07. The van der Waals surface area contributed by atoms with Crippen LogP contribution in [-0.2, 0) is 0 Å². The van der Waals surface area contributed by atoms with Gasteiger partial charge in [0.2, 0.25) is 0 Å². The van der Waals surface area contributed by atoms with Crippen molar-refractivity contribution in [2.75, 3.05) is 26.7 Å². The van der Waals surface area contributed by atoms with E-state index < -0.39 is 6.10 Å². The highest BCUT2D eigenvalue weighted by atomic mass is 35.5. The van der Waals surface area contributed by atoms with Gasteiger partial charge in [0.05, 0.1) is 6.10 Å². The van der Waals surface area contributed by atoms with E-state index in [4.69, 9.17) is 23.2 Å². The van der Waals surface area contributed by atoms with Gasteiger partial charge >= 0.3 is 0 Å². The molecule has 2 atom stereocenters. The third-order valence-corrected chi connectivity index (χ3v) is 4.29. The molecule has 0 amide bonds. The summed E-state index contributed by atoms with van der Waals surface area (Å²) >= 11 is 12.0. The lowest BCUT2D eigenvalue weighted by molar-refractivity contribution is 0.170. The highest BCUT2D eigenvalue weighted by Gasteiger charge is 2.20. The van der Waals surface area contributed by atoms with E-state index in [0.717, 1.165) is 13.1 Å². The van der Waals surface area contributed by atoms with Crippen LogP contribution >= 0.6 is 23.2 Å². The van der Waals surface area contributed by atoms with Gasteiger partial charge in [-0.2, -0.15) is 0 Å². The molecule has 5 heteroatoms. The monoisotopic (exact) mass is 302 g/mol. The second-order valence-electron chi connectivity index (χ2n) is 5.12. The number of benzene rings is 1. The average molecular weight is 303 g/mol. The number of likely N-dealkylation sites (N-methyl/N-ethyl adjacent to an activating group) is 1. The van der Waals surface area contributed by atoms with Gasteiger partial charge in [-0.3, -0.25) is 0 Å². The van der Waals surface area contributed by atoms with Crippen LogP contribution in [-0.4, -0.2) is 42.7 Å². The van der Waals surface area contributed by atoms with E-state index in [0.29, 0.717) is 28.2 Å². The standard InChI is InChI=1S/C14H20Cl2N2O/c1-18-6-2-3-11(18)8-17-9-14(19)12-7-10(15)4-5-13(12)16/h4-5,7,11,14,17,19H,2-3,6,8-9H2,1H3. The van der Waals surface area contributed by atoms with Gasteiger partial charge in [0.25, 0.3) is 0 Å². The van der Waals surface area contributed by atoms with Crippen molar-refractivity contribution in [2.45, 2.75) is 25.0 Å². The first-order chi connectivity index (χ1) is 9.08. The molecule has 1 aliphatic heterocycles. The van der Waals surface area contributed by atoms with Gasteiger partial charge in [-0.15, -0.1) is 0 Å². The molecule has 2 N–H and O–H groups in total. The van der Waals surface area contributed by atoms with Gasteiger partial charge in [0, 0.05) is 34.7 Å². The van der Waals surface area contributed by atoms with Crippen molar-refractivity contribution < 1.29 is 5.11 Å².